The molecule has 168 valence electrons. The largest absolute Gasteiger partial charge is 0.483 e. The molecule has 0 radical (unpaired) electrons. The molecule has 0 spiro atoms. The smallest absolute Gasteiger partial charge is 0.282 e. The van der Waals surface area contributed by atoms with Gasteiger partial charge in [-0.1, -0.05) is 60.1 Å². The van der Waals surface area contributed by atoms with Crippen molar-refractivity contribution in [3.05, 3.63) is 80.8 Å². The Kier molecular flexibility index (Phi) is 6.55. The van der Waals surface area contributed by atoms with Gasteiger partial charge in [0.1, 0.15) is 11.6 Å². The summed E-state index contributed by atoms with van der Waals surface area (Å²) in [5.41, 5.74) is 6.28. The zero-order valence-electron chi connectivity index (χ0n) is 18.3. The number of rotatable bonds is 7. The maximum absolute atomic E-state index is 13.4. The Balaban J connectivity index is 1.92. The molecule has 0 unspecified atom stereocenters. The van der Waals surface area contributed by atoms with Crippen molar-refractivity contribution in [2.24, 2.45) is 10.8 Å². The standard InChI is InChI=1S/C25H23BrN4O3/c1-3-15(2)24-29-21-10-9-17(26)12-19(21)25(32)30(24)28-13-20-18-7-5-4-6-16(18)8-11-22(20)33-14-23(27)31/h4-13,15H,3,14H2,1-2H3,(H2,27,31)/t15-/m0/s1. The van der Waals surface area contributed by atoms with Crippen molar-refractivity contribution in [1.82, 2.24) is 9.66 Å². The van der Waals surface area contributed by atoms with Crippen LogP contribution in [0.15, 0.2) is 69.0 Å². The van der Waals surface area contributed by atoms with Crippen LogP contribution < -0.4 is 16.0 Å². The van der Waals surface area contributed by atoms with Crippen molar-refractivity contribution in [3.63, 3.8) is 0 Å². The Morgan fingerprint density at radius 1 is 1.21 bits per heavy atom. The van der Waals surface area contributed by atoms with Gasteiger partial charge in [-0.15, -0.1) is 0 Å². The quantitative estimate of drug-likeness (QED) is 0.371. The van der Waals surface area contributed by atoms with E-state index in [9.17, 15) is 9.59 Å². The minimum Gasteiger partial charge on any atom is -0.483 e. The van der Waals surface area contributed by atoms with Crippen molar-refractivity contribution in [2.45, 2.75) is 26.2 Å². The van der Waals surface area contributed by atoms with Crippen LogP contribution in [0.3, 0.4) is 0 Å². The van der Waals surface area contributed by atoms with Crippen LogP contribution in [0.2, 0.25) is 0 Å². The van der Waals surface area contributed by atoms with Crippen molar-refractivity contribution >= 4 is 49.7 Å². The Morgan fingerprint density at radius 2 is 2.00 bits per heavy atom. The summed E-state index contributed by atoms with van der Waals surface area (Å²) in [6.45, 7) is 3.79. The molecular weight excluding hydrogens is 484 g/mol. The molecule has 0 fully saturated rings. The van der Waals surface area contributed by atoms with Crippen molar-refractivity contribution in [2.75, 3.05) is 6.61 Å². The van der Waals surface area contributed by atoms with E-state index >= 15 is 0 Å². The molecule has 0 saturated carbocycles. The minimum atomic E-state index is -0.578. The molecule has 0 saturated heterocycles. The van der Waals surface area contributed by atoms with E-state index in [0.29, 0.717) is 28.0 Å². The number of nitrogens with zero attached hydrogens (tertiary/aromatic N) is 3. The third-order valence-electron chi connectivity index (χ3n) is 5.49. The second-order valence-corrected chi connectivity index (χ2v) is 8.67. The Morgan fingerprint density at radius 3 is 2.76 bits per heavy atom. The second-order valence-electron chi connectivity index (χ2n) is 7.76. The molecule has 1 atom stereocenters. The van der Waals surface area contributed by atoms with Gasteiger partial charge in [-0.25, -0.2) is 4.98 Å². The van der Waals surface area contributed by atoms with E-state index in [1.54, 1.807) is 18.3 Å². The lowest BCUT2D eigenvalue weighted by Gasteiger charge is -2.15. The summed E-state index contributed by atoms with van der Waals surface area (Å²) in [5, 5.41) is 6.88. The number of primary amides is 1. The van der Waals surface area contributed by atoms with E-state index in [4.69, 9.17) is 15.5 Å². The molecule has 0 aliphatic heterocycles. The number of aromatic nitrogens is 2. The molecule has 1 heterocycles. The highest BCUT2D eigenvalue weighted by atomic mass is 79.9. The van der Waals surface area contributed by atoms with E-state index in [1.165, 1.54) is 4.68 Å². The molecule has 4 rings (SSSR count). The summed E-state index contributed by atoms with van der Waals surface area (Å²) in [6.07, 6.45) is 2.38. The maximum Gasteiger partial charge on any atom is 0.282 e. The van der Waals surface area contributed by atoms with Crippen LogP contribution in [0.5, 0.6) is 5.75 Å². The van der Waals surface area contributed by atoms with Crippen molar-refractivity contribution < 1.29 is 9.53 Å². The lowest BCUT2D eigenvalue weighted by atomic mass is 10.0. The van der Waals surface area contributed by atoms with Crippen LogP contribution in [0, 0.1) is 0 Å². The molecule has 0 bridgehead atoms. The molecule has 0 aliphatic carbocycles. The van der Waals surface area contributed by atoms with Gasteiger partial charge in [-0.2, -0.15) is 9.78 Å². The van der Waals surface area contributed by atoms with Crippen molar-refractivity contribution in [1.29, 1.82) is 0 Å². The first-order valence-corrected chi connectivity index (χ1v) is 11.4. The van der Waals surface area contributed by atoms with Crippen molar-refractivity contribution in [3.8, 4) is 5.75 Å². The molecular formula is C25H23BrN4O3. The Hall–Kier alpha value is -3.52. The van der Waals surface area contributed by atoms with Gasteiger partial charge < -0.3 is 10.5 Å². The number of ether oxygens (including phenoxy) is 1. The van der Waals surface area contributed by atoms with Crippen LogP contribution in [-0.4, -0.2) is 28.4 Å². The van der Waals surface area contributed by atoms with E-state index in [1.807, 2.05) is 56.3 Å². The lowest BCUT2D eigenvalue weighted by Crippen LogP contribution is -2.24. The lowest BCUT2D eigenvalue weighted by molar-refractivity contribution is -0.119. The average molecular weight is 507 g/mol. The number of nitrogens with two attached hydrogens (primary N) is 1. The number of halogens is 1. The highest BCUT2D eigenvalue weighted by Crippen LogP contribution is 2.27. The van der Waals surface area contributed by atoms with Gasteiger partial charge >= 0.3 is 0 Å². The van der Waals surface area contributed by atoms with E-state index < -0.39 is 5.91 Å². The van der Waals surface area contributed by atoms with Gasteiger partial charge in [-0.05, 0) is 41.5 Å². The Bertz CT molecular complexity index is 1450. The second kappa shape index (κ2) is 9.54. The van der Waals surface area contributed by atoms with Crippen LogP contribution in [0.4, 0.5) is 0 Å². The highest BCUT2D eigenvalue weighted by Gasteiger charge is 2.16. The summed E-state index contributed by atoms with van der Waals surface area (Å²) in [4.78, 5) is 29.4. The van der Waals surface area contributed by atoms with Gasteiger partial charge in [0, 0.05) is 16.0 Å². The Labute approximate surface area is 199 Å². The first-order valence-electron chi connectivity index (χ1n) is 10.6. The van der Waals surface area contributed by atoms with Gasteiger partial charge in [0.15, 0.2) is 6.61 Å². The molecule has 7 nitrogen and oxygen atoms in total. The van der Waals surface area contributed by atoms with Gasteiger partial charge in [0.25, 0.3) is 11.5 Å². The first-order chi connectivity index (χ1) is 15.9. The molecule has 1 aromatic heterocycles. The number of carbonyl (C=O) groups excluding carboxylic acids is 1. The average Bonchev–Trinajstić information content (AvgIpc) is 2.82. The summed E-state index contributed by atoms with van der Waals surface area (Å²) in [7, 11) is 0. The van der Waals surface area contributed by atoms with E-state index in [0.717, 1.165) is 21.7 Å². The number of fused-ring (bicyclic) bond motifs is 2. The number of benzene rings is 3. The van der Waals surface area contributed by atoms with Gasteiger partial charge in [0.2, 0.25) is 0 Å². The molecule has 2 N–H and O–H groups in total. The summed E-state index contributed by atoms with van der Waals surface area (Å²) in [5.74, 6) is 0.464. The maximum atomic E-state index is 13.4. The SMILES string of the molecule is CC[C@H](C)c1nc2ccc(Br)cc2c(=O)n1N=Cc1c(OCC(N)=O)ccc2ccccc12. The molecule has 4 aromatic rings. The first kappa shape index (κ1) is 22.7. The van der Waals surface area contributed by atoms with Gasteiger partial charge in [0.05, 0.1) is 17.1 Å². The molecule has 0 aliphatic rings. The van der Waals surface area contributed by atoms with Crippen LogP contribution in [0.25, 0.3) is 21.7 Å². The van der Waals surface area contributed by atoms with E-state index in [2.05, 4.69) is 21.0 Å². The number of hydrogen-bond acceptors (Lipinski definition) is 5. The molecule has 33 heavy (non-hydrogen) atoms. The van der Waals surface area contributed by atoms with E-state index in [-0.39, 0.29) is 18.1 Å². The summed E-state index contributed by atoms with van der Waals surface area (Å²) >= 11 is 3.42. The molecule has 3 aromatic carbocycles. The number of amides is 1. The number of hydrogen-bond donors (Lipinski definition) is 1. The number of carbonyl (C=O) groups is 1. The normalized spacial score (nSPS) is 12.5. The molecule has 8 heteroatoms. The van der Waals surface area contributed by atoms with Crippen LogP contribution in [0.1, 0.15) is 37.6 Å². The fourth-order valence-corrected chi connectivity index (χ4v) is 3.94. The summed E-state index contributed by atoms with van der Waals surface area (Å²) < 4.78 is 7.77. The monoisotopic (exact) mass is 506 g/mol. The highest BCUT2D eigenvalue weighted by molar-refractivity contribution is 9.10. The summed E-state index contributed by atoms with van der Waals surface area (Å²) in [6, 6.07) is 16.8. The predicted molar refractivity (Wildman–Crippen MR) is 134 cm³/mol. The fraction of sp³-hybridized carbons (Fsp3) is 0.200. The van der Waals surface area contributed by atoms with Crippen LogP contribution in [-0.2, 0) is 4.79 Å². The fourth-order valence-electron chi connectivity index (χ4n) is 3.58. The zero-order chi connectivity index (χ0) is 23.5. The topological polar surface area (TPSA) is 99.6 Å². The predicted octanol–water partition coefficient (Wildman–Crippen LogP) is 4.57. The third kappa shape index (κ3) is 4.66. The van der Waals surface area contributed by atoms with Crippen LogP contribution >= 0.6 is 15.9 Å². The van der Waals surface area contributed by atoms with Gasteiger partial charge in [-0.3, -0.25) is 9.59 Å². The third-order valence-corrected chi connectivity index (χ3v) is 5.98. The minimum absolute atomic E-state index is 0.0148. The molecule has 1 amide bonds. The zero-order valence-corrected chi connectivity index (χ0v) is 19.9.